The van der Waals surface area contributed by atoms with Crippen LogP contribution in [0.3, 0.4) is 0 Å². The van der Waals surface area contributed by atoms with E-state index in [1.165, 1.54) is 25.8 Å². The number of halogens is 1. The van der Waals surface area contributed by atoms with E-state index in [0.29, 0.717) is 36.5 Å². The Hall–Kier alpha value is -2.08. The molecule has 7 heteroatoms. The highest BCUT2D eigenvalue weighted by atomic mass is 35.5. The number of hydrogen-bond donors (Lipinski definition) is 1. The first-order valence-electron chi connectivity index (χ1n) is 8.20. The molecule has 25 heavy (non-hydrogen) atoms. The van der Waals surface area contributed by atoms with Gasteiger partial charge in [0.15, 0.2) is 0 Å². The van der Waals surface area contributed by atoms with Gasteiger partial charge in [-0.15, -0.1) is 0 Å². The zero-order chi connectivity index (χ0) is 18.8. The van der Waals surface area contributed by atoms with E-state index in [0.717, 1.165) is 0 Å². The van der Waals surface area contributed by atoms with Crippen molar-refractivity contribution in [1.29, 1.82) is 0 Å². The molecule has 0 aromatic heterocycles. The second-order valence-electron chi connectivity index (χ2n) is 6.86. The van der Waals surface area contributed by atoms with Gasteiger partial charge in [-0.1, -0.05) is 11.6 Å². The topological polar surface area (TPSA) is 77.9 Å². The SMILES string of the molecule is CN(C(=O)C1CCCN(C(=O)c2ccc(Cl)cc2)C1)C(C)(C)C(=O)O. The summed E-state index contributed by atoms with van der Waals surface area (Å²) in [6.07, 6.45) is 1.35. The standard InChI is InChI=1S/C18H23ClN2O4/c1-18(2,17(24)25)20(3)15(22)13-5-4-10-21(11-13)16(23)12-6-8-14(19)9-7-12/h6-9,13H,4-5,10-11H2,1-3H3,(H,24,25). The lowest BCUT2D eigenvalue weighted by Gasteiger charge is -2.38. The molecule has 1 N–H and O–H groups in total. The summed E-state index contributed by atoms with van der Waals surface area (Å²) in [6.45, 7) is 3.86. The molecule has 1 heterocycles. The zero-order valence-corrected chi connectivity index (χ0v) is 15.4. The lowest BCUT2D eigenvalue weighted by atomic mass is 9.93. The number of carbonyl (C=O) groups is 3. The predicted octanol–water partition coefficient (Wildman–Crippen LogP) is 2.51. The molecular formula is C18H23ClN2O4. The Morgan fingerprint density at radius 1 is 1.24 bits per heavy atom. The van der Waals surface area contributed by atoms with E-state index in [1.807, 2.05) is 0 Å². The van der Waals surface area contributed by atoms with Gasteiger partial charge in [0, 0.05) is 30.7 Å². The van der Waals surface area contributed by atoms with Gasteiger partial charge in [0.1, 0.15) is 5.54 Å². The van der Waals surface area contributed by atoms with Crippen molar-refractivity contribution in [2.45, 2.75) is 32.2 Å². The molecule has 1 fully saturated rings. The van der Waals surface area contributed by atoms with Gasteiger partial charge >= 0.3 is 5.97 Å². The number of nitrogens with zero attached hydrogens (tertiary/aromatic N) is 2. The molecule has 0 spiro atoms. The number of rotatable bonds is 4. The van der Waals surface area contributed by atoms with Crippen LogP contribution < -0.4 is 0 Å². The Labute approximate surface area is 152 Å². The summed E-state index contributed by atoms with van der Waals surface area (Å²) in [6, 6.07) is 6.64. The van der Waals surface area contributed by atoms with Crippen LogP contribution in [0.2, 0.25) is 5.02 Å². The van der Waals surface area contributed by atoms with Crippen molar-refractivity contribution in [3.05, 3.63) is 34.9 Å². The number of amides is 2. The zero-order valence-electron chi connectivity index (χ0n) is 14.7. The van der Waals surface area contributed by atoms with Gasteiger partial charge in [0.05, 0.1) is 5.92 Å². The van der Waals surface area contributed by atoms with Gasteiger partial charge in [-0.3, -0.25) is 9.59 Å². The third-order valence-electron chi connectivity index (χ3n) is 4.84. The molecule has 136 valence electrons. The van der Waals surface area contributed by atoms with Gasteiger partial charge in [0.2, 0.25) is 5.91 Å². The maximum absolute atomic E-state index is 12.7. The van der Waals surface area contributed by atoms with Gasteiger partial charge in [-0.05, 0) is 51.0 Å². The molecule has 1 aromatic rings. The maximum Gasteiger partial charge on any atom is 0.329 e. The van der Waals surface area contributed by atoms with Crippen LogP contribution in [-0.4, -0.2) is 58.4 Å². The normalized spacial score (nSPS) is 17.9. The monoisotopic (exact) mass is 366 g/mol. The number of carbonyl (C=O) groups excluding carboxylic acids is 2. The highest BCUT2D eigenvalue weighted by Gasteiger charge is 2.39. The number of aliphatic carboxylic acids is 1. The summed E-state index contributed by atoms with van der Waals surface area (Å²) in [4.78, 5) is 39.6. The summed E-state index contributed by atoms with van der Waals surface area (Å²) in [7, 11) is 1.50. The first-order valence-corrected chi connectivity index (χ1v) is 8.58. The van der Waals surface area contributed by atoms with Crippen LogP contribution in [0.5, 0.6) is 0 Å². The van der Waals surface area contributed by atoms with Crippen molar-refractivity contribution >= 4 is 29.4 Å². The molecule has 1 aromatic carbocycles. The van der Waals surface area contributed by atoms with Crippen LogP contribution in [-0.2, 0) is 9.59 Å². The molecule has 1 saturated heterocycles. The Balaban J connectivity index is 2.10. The molecule has 1 atom stereocenters. The van der Waals surface area contributed by atoms with Crippen molar-refractivity contribution in [3.63, 3.8) is 0 Å². The minimum absolute atomic E-state index is 0.144. The highest BCUT2D eigenvalue weighted by Crippen LogP contribution is 2.24. The first kappa shape index (κ1) is 19.2. The van der Waals surface area contributed by atoms with E-state index in [4.69, 9.17) is 11.6 Å². The van der Waals surface area contributed by atoms with E-state index in [1.54, 1.807) is 29.2 Å². The average Bonchev–Trinajstić information content (AvgIpc) is 2.60. The van der Waals surface area contributed by atoms with Crippen LogP contribution in [0.1, 0.15) is 37.0 Å². The summed E-state index contributed by atoms with van der Waals surface area (Å²) in [5.41, 5.74) is -0.767. The van der Waals surface area contributed by atoms with Crippen LogP contribution in [0.4, 0.5) is 0 Å². The second kappa shape index (κ2) is 7.44. The maximum atomic E-state index is 12.7. The van der Waals surface area contributed by atoms with Crippen LogP contribution in [0.25, 0.3) is 0 Å². The molecule has 2 amide bonds. The highest BCUT2D eigenvalue weighted by molar-refractivity contribution is 6.30. The van der Waals surface area contributed by atoms with Crippen molar-refractivity contribution in [2.24, 2.45) is 5.92 Å². The first-order chi connectivity index (χ1) is 11.6. The molecular weight excluding hydrogens is 344 g/mol. The Bertz CT molecular complexity index is 672. The largest absolute Gasteiger partial charge is 0.480 e. The summed E-state index contributed by atoms with van der Waals surface area (Å²) >= 11 is 5.85. The number of likely N-dealkylation sites (tertiary alicyclic amines) is 1. The van der Waals surface area contributed by atoms with Crippen molar-refractivity contribution < 1.29 is 19.5 Å². The molecule has 1 aliphatic rings. The smallest absolute Gasteiger partial charge is 0.329 e. The van der Waals surface area contributed by atoms with Crippen LogP contribution in [0.15, 0.2) is 24.3 Å². The lowest BCUT2D eigenvalue weighted by molar-refractivity contribution is -0.157. The summed E-state index contributed by atoms with van der Waals surface area (Å²) in [5, 5.41) is 9.86. The number of carboxylic acid groups (broad SMARTS) is 1. The van der Waals surface area contributed by atoms with Crippen molar-refractivity contribution in [2.75, 3.05) is 20.1 Å². The Morgan fingerprint density at radius 3 is 2.40 bits per heavy atom. The minimum atomic E-state index is -1.29. The average molecular weight is 367 g/mol. The van der Waals surface area contributed by atoms with Gasteiger partial charge < -0.3 is 14.9 Å². The summed E-state index contributed by atoms with van der Waals surface area (Å²) in [5.74, 6) is -1.85. The van der Waals surface area contributed by atoms with E-state index in [-0.39, 0.29) is 11.8 Å². The Kier molecular flexibility index (Phi) is 5.72. The predicted molar refractivity (Wildman–Crippen MR) is 94.6 cm³/mol. The van der Waals surface area contributed by atoms with E-state index in [9.17, 15) is 19.5 Å². The number of benzene rings is 1. The number of carboxylic acids is 1. The van der Waals surface area contributed by atoms with E-state index < -0.39 is 17.4 Å². The molecule has 1 unspecified atom stereocenters. The van der Waals surface area contributed by atoms with E-state index in [2.05, 4.69) is 0 Å². The minimum Gasteiger partial charge on any atom is -0.480 e. The summed E-state index contributed by atoms with van der Waals surface area (Å²) < 4.78 is 0. The number of likely N-dealkylation sites (N-methyl/N-ethyl adjacent to an activating group) is 1. The lowest BCUT2D eigenvalue weighted by Crippen LogP contribution is -2.55. The quantitative estimate of drug-likeness (QED) is 0.888. The number of piperidine rings is 1. The van der Waals surface area contributed by atoms with E-state index >= 15 is 0 Å². The fourth-order valence-corrected chi connectivity index (χ4v) is 2.96. The van der Waals surface area contributed by atoms with Crippen molar-refractivity contribution in [3.8, 4) is 0 Å². The van der Waals surface area contributed by atoms with Crippen LogP contribution >= 0.6 is 11.6 Å². The van der Waals surface area contributed by atoms with Crippen LogP contribution in [0, 0.1) is 5.92 Å². The fourth-order valence-electron chi connectivity index (χ4n) is 2.83. The molecule has 6 nitrogen and oxygen atoms in total. The van der Waals surface area contributed by atoms with Crippen molar-refractivity contribution in [1.82, 2.24) is 9.80 Å². The molecule has 0 aliphatic carbocycles. The molecule has 0 saturated carbocycles. The van der Waals surface area contributed by atoms with Gasteiger partial charge in [0.25, 0.3) is 5.91 Å². The molecule has 0 radical (unpaired) electrons. The molecule has 1 aliphatic heterocycles. The second-order valence-corrected chi connectivity index (χ2v) is 7.30. The molecule has 2 rings (SSSR count). The fraction of sp³-hybridized carbons (Fsp3) is 0.500. The third kappa shape index (κ3) is 4.12. The third-order valence-corrected chi connectivity index (χ3v) is 5.09. The van der Waals surface area contributed by atoms with Gasteiger partial charge in [-0.2, -0.15) is 0 Å². The van der Waals surface area contributed by atoms with Gasteiger partial charge in [-0.25, -0.2) is 4.79 Å². The number of hydrogen-bond acceptors (Lipinski definition) is 3. The molecule has 0 bridgehead atoms. The Morgan fingerprint density at radius 2 is 1.84 bits per heavy atom.